The van der Waals surface area contributed by atoms with Crippen LogP contribution in [0, 0.1) is 11.3 Å². The number of hydrogen-bond acceptors (Lipinski definition) is 3. The molecular formula is C14H24OS2Si. The van der Waals surface area contributed by atoms with Crippen molar-refractivity contribution in [2.24, 2.45) is 11.3 Å². The van der Waals surface area contributed by atoms with Gasteiger partial charge >= 0.3 is 0 Å². The highest BCUT2D eigenvalue weighted by Gasteiger charge is 2.76. The fraction of sp³-hybridized carbons (Fsp3) is 0.857. The molecule has 1 aliphatic heterocycles. The van der Waals surface area contributed by atoms with Gasteiger partial charge in [0.1, 0.15) is 0 Å². The van der Waals surface area contributed by atoms with E-state index in [1.54, 1.807) is 0 Å². The lowest BCUT2D eigenvalue weighted by atomic mass is 9.65. The normalized spacial score (nSPS) is 41.7. The van der Waals surface area contributed by atoms with Crippen molar-refractivity contribution in [3.8, 4) is 0 Å². The molecule has 3 atom stereocenters. The van der Waals surface area contributed by atoms with Gasteiger partial charge in [-0.05, 0) is 50.4 Å². The number of thioether (sulfide) groups is 2. The molecule has 1 heterocycles. The predicted octanol–water partition coefficient (Wildman–Crippen LogP) is 4.37. The van der Waals surface area contributed by atoms with Gasteiger partial charge in [-0.2, -0.15) is 0 Å². The Balaban J connectivity index is 1.87. The van der Waals surface area contributed by atoms with E-state index in [9.17, 15) is 0 Å². The summed E-state index contributed by atoms with van der Waals surface area (Å²) in [6.45, 7) is 11.1. The Labute approximate surface area is 121 Å². The Bertz CT molecular complexity index is 359. The summed E-state index contributed by atoms with van der Waals surface area (Å²) in [7, 11) is -1.44. The van der Waals surface area contributed by atoms with E-state index in [0.717, 1.165) is 5.92 Å². The topological polar surface area (TPSA) is 9.23 Å². The highest BCUT2D eigenvalue weighted by atomic mass is 32.2. The Morgan fingerprint density at radius 2 is 1.94 bits per heavy atom. The van der Waals surface area contributed by atoms with Crippen molar-refractivity contribution in [3.05, 3.63) is 12.7 Å². The molecule has 0 N–H and O–H groups in total. The summed E-state index contributed by atoms with van der Waals surface area (Å²) < 4.78 is 6.95. The average Bonchev–Trinajstić information content (AvgIpc) is 2.83. The highest BCUT2D eigenvalue weighted by molar-refractivity contribution is 8.19. The molecule has 3 aliphatic carbocycles. The minimum Gasteiger partial charge on any atom is -0.413 e. The van der Waals surface area contributed by atoms with Gasteiger partial charge in [-0.25, -0.2) is 0 Å². The van der Waals surface area contributed by atoms with Crippen LogP contribution in [0.4, 0.5) is 0 Å². The monoisotopic (exact) mass is 300 g/mol. The van der Waals surface area contributed by atoms with Crippen LogP contribution in [0.15, 0.2) is 12.7 Å². The molecule has 18 heavy (non-hydrogen) atoms. The minimum absolute atomic E-state index is 0.272. The molecule has 0 radical (unpaired) electrons. The van der Waals surface area contributed by atoms with Gasteiger partial charge in [0.05, 0.1) is 10.2 Å². The first kappa shape index (κ1) is 13.6. The summed E-state index contributed by atoms with van der Waals surface area (Å²) in [6, 6.07) is 0. The van der Waals surface area contributed by atoms with Gasteiger partial charge in [0, 0.05) is 11.3 Å². The van der Waals surface area contributed by atoms with E-state index in [0.29, 0.717) is 10.2 Å². The van der Waals surface area contributed by atoms with Crippen molar-refractivity contribution < 1.29 is 4.43 Å². The summed E-state index contributed by atoms with van der Waals surface area (Å²) in [5, 5.41) is 0. The van der Waals surface area contributed by atoms with E-state index in [1.165, 1.54) is 30.8 Å². The second-order valence-electron chi connectivity index (χ2n) is 6.76. The van der Waals surface area contributed by atoms with E-state index >= 15 is 0 Å². The van der Waals surface area contributed by atoms with Crippen LogP contribution < -0.4 is 0 Å². The maximum atomic E-state index is 6.52. The van der Waals surface area contributed by atoms with Crippen LogP contribution >= 0.6 is 23.5 Å². The molecule has 3 unspecified atom stereocenters. The smallest absolute Gasteiger partial charge is 0.184 e. The summed E-state index contributed by atoms with van der Waals surface area (Å²) in [5.74, 6) is 3.44. The zero-order chi connectivity index (χ0) is 13.0. The third-order valence-corrected chi connectivity index (χ3v) is 9.52. The molecule has 0 aromatic rings. The molecule has 2 bridgehead atoms. The fourth-order valence-corrected chi connectivity index (χ4v) is 9.41. The number of rotatable bonds is 3. The third kappa shape index (κ3) is 1.65. The number of hydrogen-bond donors (Lipinski definition) is 0. The summed E-state index contributed by atoms with van der Waals surface area (Å²) in [6.07, 6.45) is 6.75. The van der Waals surface area contributed by atoms with Crippen molar-refractivity contribution >= 4 is 31.8 Å². The van der Waals surface area contributed by atoms with Crippen LogP contribution in [0.2, 0.25) is 19.6 Å². The summed E-state index contributed by atoms with van der Waals surface area (Å²) in [5.41, 5.74) is 0.272. The molecule has 4 fully saturated rings. The fourth-order valence-electron chi connectivity index (χ4n) is 4.02. The molecule has 102 valence electrons. The first-order valence-electron chi connectivity index (χ1n) is 7.04. The lowest BCUT2D eigenvalue weighted by Gasteiger charge is -2.63. The van der Waals surface area contributed by atoms with Crippen LogP contribution in [0.3, 0.4) is 0 Å². The van der Waals surface area contributed by atoms with Crippen LogP contribution in [0.5, 0.6) is 0 Å². The lowest BCUT2D eigenvalue weighted by molar-refractivity contribution is -0.0278. The second kappa shape index (κ2) is 4.30. The maximum Gasteiger partial charge on any atom is 0.184 e. The highest BCUT2D eigenvalue weighted by Crippen LogP contribution is 2.77. The Kier molecular flexibility index (Phi) is 3.25. The standard InChI is InChI=1S/C14H24OS2Si/c1-5-13-8-7-11(12(13)15-18(2,3)4)14(13)16-9-6-10-17-14/h5,11-12H,1,6-10H2,2-4H3. The van der Waals surface area contributed by atoms with E-state index in [-0.39, 0.29) is 5.41 Å². The molecule has 3 saturated carbocycles. The summed E-state index contributed by atoms with van der Waals surface area (Å²) in [4.78, 5) is 0. The Morgan fingerprint density at radius 1 is 1.28 bits per heavy atom. The van der Waals surface area contributed by atoms with Gasteiger partial charge in [0.15, 0.2) is 8.32 Å². The maximum absolute atomic E-state index is 6.52. The Morgan fingerprint density at radius 3 is 2.50 bits per heavy atom. The van der Waals surface area contributed by atoms with Crippen LogP contribution in [-0.2, 0) is 4.43 Å². The van der Waals surface area contributed by atoms with E-state index in [4.69, 9.17) is 4.43 Å². The molecule has 4 aliphatic rings. The Hall–Kier alpha value is 0.617. The van der Waals surface area contributed by atoms with Crippen LogP contribution in [0.1, 0.15) is 19.3 Å². The van der Waals surface area contributed by atoms with E-state index in [2.05, 4.69) is 55.8 Å². The molecule has 4 rings (SSSR count). The second-order valence-corrected chi connectivity index (χ2v) is 14.2. The van der Waals surface area contributed by atoms with Crippen LogP contribution in [0.25, 0.3) is 0 Å². The molecule has 1 saturated heterocycles. The number of fused-ring (bicyclic) bond motifs is 1. The van der Waals surface area contributed by atoms with Gasteiger partial charge in [-0.1, -0.05) is 6.08 Å². The van der Waals surface area contributed by atoms with Crippen molar-refractivity contribution in [1.82, 2.24) is 0 Å². The van der Waals surface area contributed by atoms with E-state index in [1.807, 2.05) is 0 Å². The predicted molar refractivity (Wildman–Crippen MR) is 85.8 cm³/mol. The van der Waals surface area contributed by atoms with Crippen molar-refractivity contribution in [2.75, 3.05) is 11.5 Å². The molecule has 0 aromatic heterocycles. The van der Waals surface area contributed by atoms with Crippen molar-refractivity contribution in [1.29, 1.82) is 0 Å². The van der Waals surface area contributed by atoms with Crippen molar-refractivity contribution in [2.45, 2.75) is 49.1 Å². The minimum atomic E-state index is -1.44. The largest absolute Gasteiger partial charge is 0.413 e. The average molecular weight is 301 g/mol. The third-order valence-electron chi connectivity index (χ3n) is 4.65. The molecule has 1 nitrogen and oxygen atoms in total. The lowest BCUT2D eigenvalue weighted by Crippen LogP contribution is -2.67. The van der Waals surface area contributed by atoms with Gasteiger partial charge in [0.2, 0.25) is 0 Å². The SMILES string of the molecule is C=CC12CCC(C1O[Si](C)(C)C)C21SCCCS1. The molecular weight excluding hydrogens is 276 g/mol. The summed E-state index contributed by atoms with van der Waals surface area (Å²) >= 11 is 4.42. The van der Waals surface area contributed by atoms with Gasteiger partial charge in [-0.15, -0.1) is 30.1 Å². The van der Waals surface area contributed by atoms with Crippen LogP contribution in [-0.4, -0.2) is 30.0 Å². The molecule has 0 aromatic carbocycles. The molecule has 4 heteroatoms. The molecule has 1 spiro atoms. The molecule has 0 amide bonds. The van der Waals surface area contributed by atoms with E-state index < -0.39 is 8.32 Å². The van der Waals surface area contributed by atoms with Gasteiger partial charge < -0.3 is 4.43 Å². The zero-order valence-electron chi connectivity index (χ0n) is 11.7. The van der Waals surface area contributed by atoms with Gasteiger partial charge in [-0.3, -0.25) is 0 Å². The first-order valence-corrected chi connectivity index (χ1v) is 12.4. The van der Waals surface area contributed by atoms with Crippen molar-refractivity contribution in [3.63, 3.8) is 0 Å². The first-order chi connectivity index (χ1) is 8.45. The zero-order valence-corrected chi connectivity index (χ0v) is 14.3. The quantitative estimate of drug-likeness (QED) is 0.566. The van der Waals surface area contributed by atoms with Gasteiger partial charge in [0.25, 0.3) is 0 Å².